The number of rotatable bonds is 0. The standard InChI is InChI=1S/C3H4N2S2/c1-2-3(6)5-7-4-2/h1H3,(H,5,6). The Bertz CT molecular complexity index is 199. The fourth-order valence-corrected chi connectivity index (χ4v) is 0.968. The highest BCUT2D eigenvalue weighted by Crippen LogP contribution is 1.94. The van der Waals surface area contributed by atoms with Crippen molar-refractivity contribution in [3.8, 4) is 0 Å². The number of nitrogens with one attached hydrogen (secondary N) is 1. The van der Waals surface area contributed by atoms with Crippen LogP contribution >= 0.6 is 23.9 Å². The van der Waals surface area contributed by atoms with Gasteiger partial charge in [-0.25, -0.2) is 0 Å². The van der Waals surface area contributed by atoms with E-state index in [1.165, 1.54) is 11.7 Å². The maximum Gasteiger partial charge on any atom is 0.136 e. The zero-order chi connectivity index (χ0) is 5.28. The second kappa shape index (κ2) is 1.71. The van der Waals surface area contributed by atoms with Gasteiger partial charge in [-0.1, -0.05) is 12.2 Å². The summed E-state index contributed by atoms with van der Waals surface area (Å²) < 4.78 is 7.47. The van der Waals surface area contributed by atoms with Crippen LogP contribution in [0.3, 0.4) is 0 Å². The SMILES string of the molecule is Cc1ns[nH]c1=S. The van der Waals surface area contributed by atoms with Crippen molar-refractivity contribution in [2.24, 2.45) is 0 Å². The average Bonchev–Trinajstić information content (AvgIpc) is 1.91. The van der Waals surface area contributed by atoms with Crippen molar-refractivity contribution in [1.82, 2.24) is 8.75 Å². The first-order chi connectivity index (χ1) is 3.30. The van der Waals surface area contributed by atoms with Gasteiger partial charge in [-0.15, -0.1) is 0 Å². The molecule has 7 heavy (non-hydrogen) atoms. The lowest BCUT2D eigenvalue weighted by molar-refractivity contribution is 1.30. The minimum absolute atomic E-state index is 0.755. The van der Waals surface area contributed by atoms with Crippen molar-refractivity contribution in [3.63, 3.8) is 0 Å². The van der Waals surface area contributed by atoms with Crippen molar-refractivity contribution in [1.29, 1.82) is 0 Å². The number of hydrogen-bond acceptors (Lipinski definition) is 3. The van der Waals surface area contributed by atoms with Gasteiger partial charge in [0.25, 0.3) is 0 Å². The van der Waals surface area contributed by atoms with E-state index >= 15 is 0 Å². The lowest BCUT2D eigenvalue weighted by Gasteiger charge is -1.65. The van der Waals surface area contributed by atoms with Crippen LogP contribution in [0.4, 0.5) is 0 Å². The summed E-state index contributed by atoms with van der Waals surface area (Å²) in [5.41, 5.74) is 0.917. The molecule has 2 nitrogen and oxygen atoms in total. The molecule has 0 unspecified atom stereocenters. The van der Waals surface area contributed by atoms with Crippen LogP contribution in [0.25, 0.3) is 0 Å². The first kappa shape index (κ1) is 4.93. The first-order valence-electron chi connectivity index (χ1n) is 1.81. The molecule has 0 aliphatic rings. The number of aromatic nitrogens is 2. The Morgan fingerprint density at radius 3 is 2.71 bits per heavy atom. The molecule has 0 saturated carbocycles. The number of nitrogens with zero attached hydrogens (tertiary/aromatic N) is 1. The summed E-state index contributed by atoms with van der Waals surface area (Å²) >= 11 is 6.07. The van der Waals surface area contributed by atoms with Gasteiger partial charge < -0.3 is 0 Å². The van der Waals surface area contributed by atoms with E-state index in [4.69, 9.17) is 12.2 Å². The monoisotopic (exact) mass is 132 g/mol. The van der Waals surface area contributed by atoms with E-state index in [1.807, 2.05) is 6.92 Å². The predicted molar refractivity (Wildman–Crippen MR) is 32.0 cm³/mol. The minimum atomic E-state index is 0.755. The van der Waals surface area contributed by atoms with E-state index in [0.29, 0.717) is 0 Å². The molecule has 4 heteroatoms. The van der Waals surface area contributed by atoms with Crippen LogP contribution in [-0.2, 0) is 0 Å². The molecule has 0 radical (unpaired) electrons. The van der Waals surface area contributed by atoms with Crippen LogP contribution in [0.15, 0.2) is 0 Å². The summed E-state index contributed by atoms with van der Waals surface area (Å²) in [7, 11) is 0. The van der Waals surface area contributed by atoms with Gasteiger partial charge in [0.2, 0.25) is 0 Å². The summed E-state index contributed by atoms with van der Waals surface area (Å²) in [6, 6.07) is 0. The topological polar surface area (TPSA) is 28.7 Å². The molecule has 0 bridgehead atoms. The molecule has 1 rings (SSSR count). The maximum absolute atomic E-state index is 4.78. The zero-order valence-corrected chi connectivity index (χ0v) is 5.40. The van der Waals surface area contributed by atoms with Crippen LogP contribution in [0.5, 0.6) is 0 Å². The van der Waals surface area contributed by atoms with Crippen LogP contribution < -0.4 is 0 Å². The number of H-pyrrole nitrogens is 1. The fraction of sp³-hybridized carbons (Fsp3) is 0.333. The molecule has 0 atom stereocenters. The highest BCUT2D eigenvalue weighted by atomic mass is 32.1. The predicted octanol–water partition coefficient (Wildman–Crippen LogP) is 1.51. The average molecular weight is 132 g/mol. The van der Waals surface area contributed by atoms with Crippen LogP contribution in [0.1, 0.15) is 5.69 Å². The highest BCUT2D eigenvalue weighted by molar-refractivity contribution is 7.71. The van der Waals surface area contributed by atoms with Gasteiger partial charge in [-0.2, -0.15) is 4.37 Å². The van der Waals surface area contributed by atoms with Crippen molar-refractivity contribution in [2.45, 2.75) is 6.92 Å². The molecule has 1 aromatic heterocycles. The van der Waals surface area contributed by atoms with Crippen LogP contribution in [0, 0.1) is 11.6 Å². The van der Waals surface area contributed by atoms with E-state index in [9.17, 15) is 0 Å². The van der Waals surface area contributed by atoms with E-state index in [1.54, 1.807) is 0 Å². The van der Waals surface area contributed by atoms with Crippen LogP contribution in [-0.4, -0.2) is 8.75 Å². The molecule has 1 N–H and O–H groups in total. The quantitative estimate of drug-likeness (QED) is 0.542. The first-order valence-corrected chi connectivity index (χ1v) is 3.00. The van der Waals surface area contributed by atoms with Crippen molar-refractivity contribution in [2.75, 3.05) is 0 Å². The molecule has 0 aromatic carbocycles. The molecule has 1 heterocycles. The third-order valence-electron chi connectivity index (χ3n) is 0.650. The Hall–Kier alpha value is -0.220. The lowest BCUT2D eigenvalue weighted by atomic mass is 10.6. The number of hydrogen-bond donors (Lipinski definition) is 1. The lowest BCUT2D eigenvalue weighted by Crippen LogP contribution is -1.63. The summed E-state index contributed by atoms with van der Waals surface area (Å²) in [5, 5.41) is 0. The van der Waals surface area contributed by atoms with Crippen LogP contribution in [0.2, 0.25) is 0 Å². The largest absolute Gasteiger partial charge is 0.284 e. The molecule has 0 saturated heterocycles. The minimum Gasteiger partial charge on any atom is -0.284 e. The van der Waals surface area contributed by atoms with Gasteiger partial charge in [-0.3, -0.25) is 4.37 Å². The Morgan fingerprint density at radius 2 is 2.57 bits per heavy atom. The van der Waals surface area contributed by atoms with E-state index in [-0.39, 0.29) is 0 Å². The molecular weight excluding hydrogens is 128 g/mol. The third kappa shape index (κ3) is 0.863. The van der Waals surface area contributed by atoms with Gasteiger partial charge >= 0.3 is 0 Å². The van der Waals surface area contributed by atoms with Gasteiger partial charge in [0.15, 0.2) is 0 Å². The summed E-state index contributed by atoms with van der Waals surface area (Å²) in [6.07, 6.45) is 0. The molecule has 0 amide bonds. The van der Waals surface area contributed by atoms with Gasteiger partial charge in [0, 0.05) is 11.7 Å². The third-order valence-corrected chi connectivity index (χ3v) is 1.84. The molecule has 0 aliphatic heterocycles. The van der Waals surface area contributed by atoms with E-state index in [0.717, 1.165) is 10.3 Å². The molecule has 1 aromatic rings. The number of aromatic amines is 1. The Kier molecular flexibility index (Phi) is 1.21. The van der Waals surface area contributed by atoms with Crippen molar-refractivity contribution < 1.29 is 0 Å². The zero-order valence-electron chi connectivity index (χ0n) is 3.76. The van der Waals surface area contributed by atoms with E-state index in [2.05, 4.69) is 8.75 Å². The van der Waals surface area contributed by atoms with Crippen molar-refractivity contribution >= 4 is 23.9 Å². The Balaban J connectivity index is 3.39. The molecule has 38 valence electrons. The van der Waals surface area contributed by atoms with Gasteiger partial charge in [-0.05, 0) is 6.92 Å². The molecule has 0 fully saturated rings. The highest BCUT2D eigenvalue weighted by Gasteiger charge is 1.84. The Labute approximate surface area is 50.5 Å². The van der Waals surface area contributed by atoms with Gasteiger partial charge in [0.1, 0.15) is 4.64 Å². The Morgan fingerprint density at radius 1 is 1.86 bits per heavy atom. The summed E-state index contributed by atoms with van der Waals surface area (Å²) in [6.45, 7) is 1.88. The second-order valence-corrected chi connectivity index (χ2v) is 2.18. The van der Waals surface area contributed by atoms with E-state index < -0.39 is 0 Å². The summed E-state index contributed by atoms with van der Waals surface area (Å²) in [5.74, 6) is 0. The molecule has 0 aliphatic carbocycles. The summed E-state index contributed by atoms with van der Waals surface area (Å²) in [4.78, 5) is 0. The normalized spacial score (nSPS) is 9.29. The van der Waals surface area contributed by atoms with Gasteiger partial charge in [0.05, 0.1) is 5.69 Å². The van der Waals surface area contributed by atoms with Crippen molar-refractivity contribution in [3.05, 3.63) is 10.3 Å². The smallest absolute Gasteiger partial charge is 0.136 e. The molecular formula is C3H4N2S2. The maximum atomic E-state index is 4.78. The second-order valence-electron chi connectivity index (χ2n) is 1.20. The fourth-order valence-electron chi connectivity index (χ4n) is 0.248. The molecule has 0 spiro atoms. The number of aryl methyl sites for hydroxylation is 1.